The zero-order valence-electron chi connectivity index (χ0n) is 5.56. The van der Waals surface area contributed by atoms with E-state index in [0.717, 1.165) is 0 Å². The van der Waals surface area contributed by atoms with Gasteiger partial charge in [0.15, 0.2) is 5.75 Å². The smallest absolute Gasteiger partial charge is 0.153 e. The Hall–Kier alpha value is -1.03. The zero-order chi connectivity index (χ0) is 7.40. The van der Waals surface area contributed by atoms with Crippen LogP contribution in [-0.4, -0.2) is 26.6 Å². The summed E-state index contributed by atoms with van der Waals surface area (Å²) < 4.78 is 1.59. The fourth-order valence-electron chi connectivity index (χ4n) is 0.708. The first-order valence-electron chi connectivity index (χ1n) is 3.15. The molecule has 1 aromatic heterocycles. The minimum Gasteiger partial charge on any atom is -0.505 e. The maximum Gasteiger partial charge on any atom is 0.153 e. The summed E-state index contributed by atoms with van der Waals surface area (Å²) >= 11 is 0. The summed E-state index contributed by atoms with van der Waals surface area (Å²) in [6.07, 6.45) is 3.56. The molecule has 1 aromatic rings. The molecule has 0 bridgehead atoms. The first-order chi connectivity index (χ1) is 4.83. The van der Waals surface area contributed by atoms with Crippen LogP contribution in [0.15, 0.2) is 12.4 Å². The summed E-state index contributed by atoms with van der Waals surface area (Å²) in [5.74, 6) is 0.165. The van der Waals surface area contributed by atoms with E-state index in [1.165, 1.54) is 12.4 Å². The van der Waals surface area contributed by atoms with Crippen LogP contribution in [0.1, 0.15) is 6.42 Å². The highest BCUT2D eigenvalue weighted by Gasteiger charge is 1.93. The Kier molecular flexibility index (Phi) is 2.28. The van der Waals surface area contributed by atoms with Crippen molar-refractivity contribution in [2.24, 2.45) is 0 Å². The summed E-state index contributed by atoms with van der Waals surface area (Å²) in [5, 5.41) is 21.0. The number of aryl methyl sites for hydroxylation is 1. The molecule has 0 aliphatic rings. The second kappa shape index (κ2) is 3.22. The predicted octanol–water partition coefficient (Wildman–Crippen LogP) is -0.0289. The fraction of sp³-hybridized carbons (Fsp3) is 0.500. The van der Waals surface area contributed by atoms with Crippen molar-refractivity contribution >= 4 is 0 Å². The van der Waals surface area contributed by atoms with Gasteiger partial charge in [-0.15, -0.1) is 0 Å². The van der Waals surface area contributed by atoms with Crippen LogP contribution in [0.4, 0.5) is 0 Å². The lowest BCUT2D eigenvalue weighted by Crippen LogP contribution is -1.99. The van der Waals surface area contributed by atoms with Crippen LogP contribution < -0.4 is 0 Å². The van der Waals surface area contributed by atoms with Crippen LogP contribution >= 0.6 is 0 Å². The van der Waals surface area contributed by atoms with Crippen molar-refractivity contribution in [1.82, 2.24) is 9.78 Å². The molecule has 0 amide bonds. The maximum absolute atomic E-state index is 8.81. The van der Waals surface area contributed by atoms with Gasteiger partial charge in [0.2, 0.25) is 0 Å². The van der Waals surface area contributed by atoms with Gasteiger partial charge < -0.3 is 10.2 Å². The molecule has 0 fully saturated rings. The Morgan fingerprint density at radius 1 is 1.60 bits per heavy atom. The third-order valence-corrected chi connectivity index (χ3v) is 1.16. The molecule has 1 heterocycles. The number of aromatic nitrogens is 2. The molecule has 0 saturated carbocycles. The van der Waals surface area contributed by atoms with E-state index < -0.39 is 0 Å². The molecular weight excluding hydrogens is 132 g/mol. The molecule has 0 unspecified atom stereocenters. The first kappa shape index (κ1) is 7.08. The third kappa shape index (κ3) is 1.73. The molecule has 4 heteroatoms. The number of aliphatic hydroxyl groups is 1. The highest BCUT2D eigenvalue weighted by Crippen LogP contribution is 2.03. The van der Waals surface area contributed by atoms with Crippen molar-refractivity contribution in [3.8, 4) is 5.75 Å². The van der Waals surface area contributed by atoms with Crippen molar-refractivity contribution in [1.29, 1.82) is 0 Å². The average Bonchev–Trinajstić information content (AvgIpc) is 2.31. The molecule has 0 aliphatic carbocycles. The van der Waals surface area contributed by atoms with Crippen molar-refractivity contribution in [2.75, 3.05) is 6.61 Å². The number of rotatable bonds is 3. The Labute approximate surface area is 58.7 Å². The van der Waals surface area contributed by atoms with Crippen molar-refractivity contribution in [3.05, 3.63) is 12.4 Å². The fourth-order valence-corrected chi connectivity index (χ4v) is 0.708. The number of hydrogen-bond donors (Lipinski definition) is 2. The number of nitrogens with zero attached hydrogens (tertiary/aromatic N) is 2. The Morgan fingerprint density at radius 3 is 2.90 bits per heavy atom. The number of hydrogen-bond acceptors (Lipinski definition) is 3. The summed E-state index contributed by atoms with van der Waals surface area (Å²) in [6.45, 7) is 0.803. The zero-order valence-corrected chi connectivity index (χ0v) is 5.56. The SMILES string of the molecule is OCCCn1cc(O)cn1. The van der Waals surface area contributed by atoms with Crippen LogP contribution in [0.5, 0.6) is 5.75 Å². The van der Waals surface area contributed by atoms with Crippen molar-refractivity contribution < 1.29 is 10.2 Å². The van der Waals surface area contributed by atoms with Gasteiger partial charge in [-0.25, -0.2) is 0 Å². The van der Waals surface area contributed by atoms with E-state index in [1.807, 2.05) is 0 Å². The molecule has 4 nitrogen and oxygen atoms in total. The monoisotopic (exact) mass is 142 g/mol. The van der Waals surface area contributed by atoms with Crippen molar-refractivity contribution in [3.63, 3.8) is 0 Å². The van der Waals surface area contributed by atoms with Gasteiger partial charge in [-0.2, -0.15) is 5.10 Å². The average molecular weight is 142 g/mol. The predicted molar refractivity (Wildman–Crippen MR) is 35.6 cm³/mol. The van der Waals surface area contributed by atoms with Gasteiger partial charge in [-0.05, 0) is 6.42 Å². The van der Waals surface area contributed by atoms with E-state index in [0.29, 0.717) is 13.0 Å². The molecule has 0 spiro atoms. The largest absolute Gasteiger partial charge is 0.505 e. The molecule has 10 heavy (non-hydrogen) atoms. The van der Waals surface area contributed by atoms with Crippen LogP contribution in [0, 0.1) is 0 Å². The van der Waals surface area contributed by atoms with E-state index >= 15 is 0 Å². The third-order valence-electron chi connectivity index (χ3n) is 1.16. The van der Waals surface area contributed by atoms with Gasteiger partial charge in [0.25, 0.3) is 0 Å². The normalized spacial score (nSPS) is 10.1. The van der Waals surface area contributed by atoms with Gasteiger partial charge in [0.1, 0.15) is 0 Å². The quantitative estimate of drug-likeness (QED) is 0.623. The topological polar surface area (TPSA) is 58.3 Å². The van der Waals surface area contributed by atoms with Crippen LogP contribution in [0.2, 0.25) is 0 Å². The van der Waals surface area contributed by atoms with E-state index in [-0.39, 0.29) is 12.4 Å². The lowest BCUT2D eigenvalue weighted by molar-refractivity contribution is 0.277. The van der Waals surface area contributed by atoms with Gasteiger partial charge in [-0.3, -0.25) is 4.68 Å². The number of aromatic hydroxyl groups is 1. The summed E-state index contributed by atoms with van der Waals surface area (Å²) in [4.78, 5) is 0. The van der Waals surface area contributed by atoms with Crippen LogP contribution in [0.25, 0.3) is 0 Å². The van der Waals surface area contributed by atoms with E-state index in [1.54, 1.807) is 4.68 Å². The second-order valence-electron chi connectivity index (χ2n) is 2.04. The van der Waals surface area contributed by atoms with Gasteiger partial charge in [-0.1, -0.05) is 0 Å². The standard InChI is InChI=1S/C6H10N2O2/c9-3-1-2-8-5-6(10)4-7-8/h4-5,9-10H,1-3H2. The molecule has 0 aliphatic heterocycles. The highest BCUT2D eigenvalue weighted by molar-refractivity contribution is 5.08. The summed E-state index contributed by atoms with van der Waals surface area (Å²) in [5.41, 5.74) is 0. The van der Waals surface area contributed by atoms with Gasteiger partial charge in [0.05, 0.1) is 12.4 Å². The van der Waals surface area contributed by atoms with E-state index in [9.17, 15) is 0 Å². The minimum atomic E-state index is 0.153. The first-order valence-corrected chi connectivity index (χ1v) is 3.15. The lowest BCUT2D eigenvalue weighted by atomic mass is 10.4. The van der Waals surface area contributed by atoms with Crippen molar-refractivity contribution in [2.45, 2.75) is 13.0 Å². The Morgan fingerprint density at radius 2 is 2.40 bits per heavy atom. The molecular formula is C6H10N2O2. The molecule has 1 rings (SSSR count). The van der Waals surface area contributed by atoms with Gasteiger partial charge in [0, 0.05) is 13.2 Å². The molecule has 0 saturated heterocycles. The van der Waals surface area contributed by atoms with Crippen LogP contribution in [-0.2, 0) is 6.54 Å². The second-order valence-corrected chi connectivity index (χ2v) is 2.04. The van der Waals surface area contributed by atoms with Crippen LogP contribution in [0.3, 0.4) is 0 Å². The molecule has 56 valence electrons. The minimum absolute atomic E-state index is 0.153. The lowest BCUT2D eigenvalue weighted by Gasteiger charge is -1.95. The van der Waals surface area contributed by atoms with E-state index in [2.05, 4.69) is 5.10 Å². The molecule has 0 radical (unpaired) electrons. The molecule has 0 aromatic carbocycles. The Balaban J connectivity index is 2.42. The molecule has 0 atom stereocenters. The Bertz CT molecular complexity index is 197. The van der Waals surface area contributed by atoms with E-state index in [4.69, 9.17) is 10.2 Å². The number of aliphatic hydroxyl groups excluding tert-OH is 1. The van der Waals surface area contributed by atoms with Gasteiger partial charge >= 0.3 is 0 Å². The summed E-state index contributed by atoms with van der Waals surface area (Å²) in [6, 6.07) is 0. The molecule has 2 N–H and O–H groups in total. The maximum atomic E-state index is 8.81. The summed E-state index contributed by atoms with van der Waals surface area (Å²) in [7, 11) is 0. The highest BCUT2D eigenvalue weighted by atomic mass is 16.3.